The zero-order chi connectivity index (χ0) is 12.3. The number of aliphatic carboxylic acids is 1. The summed E-state index contributed by atoms with van der Waals surface area (Å²) in [6, 6.07) is 4.18. The molecule has 0 saturated carbocycles. The summed E-state index contributed by atoms with van der Waals surface area (Å²) < 4.78 is 1.67. The Morgan fingerprint density at radius 1 is 1.47 bits per heavy atom. The second kappa shape index (κ2) is 5.09. The maximum absolute atomic E-state index is 10.5. The SMILES string of the molecule is CCc1ccc(Cn2cc(CC(=O)O)nn2)s1. The Morgan fingerprint density at radius 3 is 2.88 bits per heavy atom. The van der Waals surface area contributed by atoms with Crippen molar-refractivity contribution >= 4 is 17.3 Å². The first-order valence-corrected chi connectivity index (χ1v) is 6.17. The topological polar surface area (TPSA) is 68.0 Å². The van der Waals surface area contributed by atoms with Crippen molar-refractivity contribution in [2.45, 2.75) is 26.3 Å². The molecule has 0 amide bonds. The predicted octanol–water partition coefficient (Wildman–Crippen LogP) is 1.58. The van der Waals surface area contributed by atoms with Gasteiger partial charge in [-0.3, -0.25) is 4.79 Å². The van der Waals surface area contributed by atoms with Gasteiger partial charge in [-0.25, -0.2) is 4.68 Å². The summed E-state index contributed by atoms with van der Waals surface area (Å²) in [7, 11) is 0. The molecule has 0 bridgehead atoms. The monoisotopic (exact) mass is 251 g/mol. The van der Waals surface area contributed by atoms with E-state index in [1.54, 1.807) is 22.2 Å². The van der Waals surface area contributed by atoms with E-state index in [0.29, 0.717) is 12.2 Å². The Balaban J connectivity index is 2.03. The van der Waals surface area contributed by atoms with E-state index in [4.69, 9.17) is 5.11 Å². The van der Waals surface area contributed by atoms with Gasteiger partial charge in [0.05, 0.1) is 18.7 Å². The number of nitrogens with zero attached hydrogens (tertiary/aromatic N) is 3. The second-order valence-electron chi connectivity index (χ2n) is 3.70. The standard InChI is InChI=1S/C11H13N3O2S/c1-2-9-3-4-10(17-9)7-14-6-8(12-13-14)5-11(15)16/h3-4,6H,2,5,7H2,1H3,(H,15,16). The third-order valence-corrected chi connectivity index (χ3v) is 3.52. The average Bonchev–Trinajstić information content (AvgIpc) is 2.88. The van der Waals surface area contributed by atoms with Gasteiger partial charge in [-0.05, 0) is 18.6 Å². The van der Waals surface area contributed by atoms with Gasteiger partial charge >= 0.3 is 5.97 Å². The lowest BCUT2D eigenvalue weighted by Crippen LogP contribution is -2.00. The molecule has 0 aliphatic heterocycles. The largest absolute Gasteiger partial charge is 0.481 e. The molecule has 0 aliphatic carbocycles. The summed E-state index contributed by atoms with van der Waals surface area (Å²) >= 11 is 1.75. The number of hydrogen-bond donors (Lipinski definition) is 1. The van der Waals surface area contributed by atoms with E-state index in [2.05, 4.69) is 29.4 Å². The van der Waals surface area contributed by atoms with Crippen LogP contribution in [-0.4, -0.2) is 26.1 Å². The van der Waals surface area contributed by atoms with E-state index >= 15 is 0 Å². The third-order valence-electron chi connectivity index (χ3n) is 2.30. The van der Waals surface area contributed by atoms with Crippen molar-refractivity contribution in [1.82, 2.24) is 15.0 Å². The summed E-state index contributed by atoms with van der Waals surface area (Å²) in [6.45, 7) is 2.77. The minimum absolute atomic E-state index is 0.0787. The molecule has 0 atom stereocenters. The van der Waals surface area contributed by atoms with Gasteiger partial charge in [0.2, 0.25) is 0 Å². The zero-order valence-corrected chi connectivity index (χ0v) is 10.3. The number of rotatable bonds is 5. The summed E-state index contributed by atoms with van der Waals surface area (Å²) in [5, 5.41) is 16.4. The summed E-state index contributed by atoms with van der Waals surface area (Å²) in [5.74, 6) is -0.888. The summed E-state index contributed by atoms with van der Waals surface area (Å²) in [5.41, 5.74) is 0.491. The number of aryl methyl sites for hydroxylation is 1. The van der Waals surface area contributed by atoms with Crippen LogP contribution in [0.25, 0.3) is 0 Å². The molecule has 2 aromatic heterocycles. The highest BCUT2D eigenvalue weighted by Gasteiger charge is 2.06. The average molecular weight is 251 g/mol. The first-order valence-electron chi connectivity index (χ1n) is 5.35. The van der Waals surface area contributed by atoms with Crippen LogP contribution in [0.5, 0.6) is 0 Å². The fraction of sp³-hybridized carbons (Fsp3) is 0.364. The molecular formula is C11H13N3O2S. The van der Waals surface area contributed by atoms with Gasteiger partial charge in [0.1, 0.15) is 0 Å². The molecule has 0 aromatic carbocycles. The number of carboxylic acids is 1. The Morgan fingerprint density at radius 2 is 2.24 bits per heavy atom. The molecule has 0 spiro atoms. The van der Waals surface area contributed by atoms with E-state index in [9.17, 15) is 4.79 Å². The van der Waals surface area contributed by atoms with Crippen molar-refractivity contribution < 1.29 is 9.90 Å². The number of carbonyl (C=O) groups is 1. The molecule has 5 nitrogen and oxygen atoms in total. The Bertz CT molecular complexity index is 518. The molecule has 2 heterocycles. The van der Waals surface area contributed by atoms with Gasteiger partial charge in [0.25, 0.3) is 0 Å². The molecular weight excluding hydrogens is 238 g/mol. The molecule has 2 aromatic rings. The van der Waals surface area contributed by atoms with E-state index < -0.39 is 5.97 Å². The van der Waals surface area contributed by atoms with Crippen molar-refractivity contribution in [2.24, 2.45) is 0 Å². The minimum Gasteiger partial charge on any atom is -0.481 e. The van der Waals surface area contributed by atoms with Crippen LogP contribution >= 0.6 is 11.3 Å². The number of hydrogen-bond acceptors (Lipinski definition) is 4. The van der Waals surface area contributed by atoms with Gasteiger partial charge in [0, 0.05) is 16.0 Å². The summed E-state index contributed by atoms with van der Waals surface area (Å²) in [6.07, 6.45) is 2.64. The van der Waals surface area contributed by atoms with Crippen LogP contribution in [0, 0.1) is 0 Å². The van der Waals surface area contributed by atoms with Crippen LogP contribution < -0.4 is 0 Å². The number of thiophene rings is 1. The molecule has 6 heteroatoms. The lowest BCUT2D eigenvalue weighted by atomic mass is 10.3. The highest BCUT2D eigenvalue weighted by Crippen LogP contribution is 2.17. The number of carboxylic acid groups (broad SMARTS) is 1. The molecule has 0 fully saturated rings. The van der Waals surface area contributed by atoms with Crippen LogP contribution in [0.1, 0.15) is 22.4 Å². The van der Waals surface area contributed by atoms with E-state index in [-0.39, 0.29) is 6.42 Å². The first kappa shape index (κ1) is 11.8. The lowest BCUT2D eigenvalue weighted by molar-refractivity contribution is -0.136. The molecule has 0 aliphatic rings. The number of aromatic nitrogens is 3. The summed E-state index contributed by atoms with van der Waals surface area (Å²) in [4.78, 5) is 13.0. The Labute approximate surface area is 103 Å². The predicted molar refractivity (Wildman–Crippen MR) is 64.2 cm³/mol. The van der Waals surface area contributed by atoms with Gasteiger partial charge < -0.3 is 5.11 Å². The van der Waals surface area contributed by atoms with Crippen LogP contribution in [0.15, 0.2) is 18.3 Å². The maximum atomic E-state index is 10.5. The molecule has 1 N–H and O–H groups in total. The molecule has 0 radical (unpaired) electrons. The van der Waals surface area contributed by atoms with Crippen LogP contribution in [-0.2, 0) is 24.2 Å². The Hall–Kier alpha value is -1.69. The van der Waals surface area contributed by atoms with Crippen molar-refractivity contribution in [3.05, 3.63) is 33.8 Å². The normalized spacial score (nSPS) is 10.6. The molecule has 2 rings (SSSR count). The maximum Gasteiger partial charge on any atom is 0.309 e. The fourth-order valence-electron chi connectivity index (χ4n) is 1.51. The molecule has 0 unspecified atom stereocenters. The minimum atomic E-state index is -0.888. The van der Waals surface area contributed by atoms with Crippen molar-refractivity contribution in [3.8, 4) is 0 Å². The smallest absolute Gasteiger partial charge is 0.309 e. The highest BCUT2D eigenvalue weighted by molar-refractivity contribution is 7.11. The van der Waals surface area contributed by atoms with Gasteiger partial charge in [-0.2, -0.15) is 0 Å². The van der Waals surface area contributed by atoms with Crippen LogP contribution in [0.4, 0.5) is 0 Å². The van der Waals surface area contributed by atoms with Crippen molar-refractivity contribution in [2.75, 3.05) is 0 Å². The lowest BCUT2D eigenvalue weighted by Gasteiger charge is -1.95. The van der Waals surface area contributed by atoms with Crippen molar-refractivity contribution in [3.63, 3.8) is 0 Å². The van der Waals surface area contributed by atoms with Crippen LogP contribution in [0.2, 0.25) is 0 Å². The third kappa shape index (κ3) is 3.13. The molecule has 0 saturated heterocycles. The van der Waals surface area contributed by atoms with Gasteiger partial charge in [-0.15, -0.1) is 16.4 Å². The van der Waals surface area contributed by atoms with Crippen LogP contribution in [0.3, 0.4) is 0 Å². The van der Waals surface area contributed by atoms with E-state index in [0.717, 1.165) is 6.42 Å². The first-order chi connectivity index (χ1) is 8.17. The van der Waals surface area contributed by atoms with Crippen molar-refractivity contribution in [1.29, 1.82) is 0 Å². The van der Waals surface area contributed by atoms with E-state index in [1.165, 1.54) is 9.75 Å². The van der Waals surface area contributed by atoms with Gasteiger partial charge in [-0.1, -0.05) is 12.1 Å². The molecule has 17 heavy (non-hydrogen) atoms. The second-order valence-corrected chi connectivity index (χ2v) is 4.95. The van der Waals surface area contributed by atoms with E-state index in [1.807, 2.05) is 0 Å². The zero-order valence-electron chi connectivity index (χ0n) is 9.46. The quantitative estimate of drug-likeness (QED) is 0.876. The Kier molecular flexibility index (Phi) is 3.53. The van der Waals surface area contributed by atoms with Gasteiger partial charge in [0.15, 0.2) is 0 Å². The fourth-order valence-corrected chi connectivity index (χ4v) is 2.46. The highest BCUT2D eigenvalue weighted by atomic mass is 32.1. The molecule has 90 valence electrons.